The van der Waals surface area contributed by atoms with E-state index < -0.39 is 0 Å². The molecule has 1 amide bonds. The SMILES string of the molecule is CCC(C(=O)N1CCN(c2nc(Cc3ccc(C)cc3)ns2)CC1C)c1ccccc1. The van der Waals surface area contributed by atoms with Gasteiger partial charge in [0.2, 0.25) is 11.0 Å². The molecule has 0 radical (unpaired) electrons. The normalized spacial score (nSPS) is 17.6. The molecule has 3 aromatic rings. The summed E-state index contributed by atoms with van der Waals surface area (Å²) in [5.74, 6) is 1.03. The smallest absolute Gasteiger partial charge is 0.230 e. The van der Waals surface area contributed by atoms with Gasteiger partial charge in [0.15, 0.2) is 0 Å². The largest absolute Gasteiger partial charge is 0.343 e. The van der Waals surface area contributed by atoms with Crippen LogP contribution in [0.25, 0.3) is 0 Å². The van der Waals surface area contributed by atoms with Crippen molar-refractivity contribution in [3.8, 4) is 0 Å². The molecule has 1 fully saturated rings. The number of aromatic nitrogens is 2. The molecule has 31 heavy (non-hydrogen) atoms. The van der Waals surface area contributed by atoms with Crippen LogP contribution in [0.15, 0.2) is 54.6 Å². The maximum Gasteiger partial charge on any atom is 0.230 e. The highest BCUT2D eigenvalue weighted by Gasteiger charge is 2.32. The summed E-state index contributed by atoms with van der Waals surface area (Å²) in [7, 11) is 0. The van der Waals surface area contributed by atoms with Gasteiger partial charge in [-0.1, -0.05) is 67.1 Å². The topological polar surface area (TPSA) is 49.3 Å². The maximum absolute atomic E-state index is 13.3. The highest BCUT2D eigenvalue weighted by Crippen LogP contribution is 2.27. The Labute approximate surface area is 188 Å². The van der Waals surface area contributed by atoms with Crippen LogP contribution in [0.4, 0.5) is 5.13 Å². The van der Waals surface area contributed by atoms with E-state index in [0.717, 1.165) is 49.0 Å². The number of benzene rings is 2. The predicted molar refractivity (Wildman–Crippen MR) is 127 cm³/mol. The molecule has 0 saturated carbocycles. The van der Waals surface area contributed by atoms with Gasteiger partial charge in [-0.25, -0.2) is 4.98 Å². The number of carbonyl (C=O) groups excluding carboxylic acids is 1. The van der Waals surface area contributed by atoms with Crippen LogP contribution in [-0.4, -0.2) is 45.8 Å². The molecule has 1 aliphatic heterocycles. The van der Waals surface area contributed by atoms with Crippen LogP contribution < -0.4 is 4.90 Å². The van der Waals surface area contributed by atoms with Crippen molar-refractivity contribution in [2.24, 2.45) is 0 Å². The predicted octanol–water partition coefficient (Wildman–Crippen LogP) is 4.67. The number of hydrogen-bond acceptors (Lipinski definition) is 5. The third-order valence-corrected chi connectivity index (χ3v) is 6.84. The van der Waals surface area contributed by atoms with Gasteiger partial charge in [0.05, 0.1) is 5.92 Å². The lowest BCUT2D eigenvalue weighted by Gasteiger charge is -2.41. The zero-order valence-electron chi connectivity index (χ0n) is 18.5. The van der Waals surface area contributed by atoms with Gasteiger partial charge in [0, 0.05) is 43.6 Å². The zero-order chi connectivity index (χ0) is 21.8. The zero-order valence-corrected chi connectivity index (χ0v) is 19.3. The fourth-order valence-corrected chi connectivity index (χ4v) is 4.95. The van der Waals surface area contributed by atoms with E-state index in [4.69, 9.17) is 4.98 Å². The average Bonchev–Trinajstić information content (AvgIpc) is 3.25. The van der Waals surface area contributed by atoms with E-state index in [1.807, 2.05) is 23.1 Å². The second-order valence-corrected chi connectivity index (χ2v) is 9.08. The molecule has 2 unspecified atom stereocenters. The van der Waals surface area contributed by atoms with Crippen molar-refractivity contribution < 1.29 is 4.79 Å². The van der Waals surface area contributed by atoms with Crippen LogP contribution in [0.5, 0.6) is 0 Å². The fraction of sp³-hybridized carbons (Fsp3) is 0.400. The fourth-order valence-electron chi connectivity index (χ4n) is 4.23. The Kier molecular flexibility index (Phi) is 6.66. The molecule has 0 N–H and O–H groups in total. The number of piperazine rings is 1. The molecule has 2 atom stereocenters. The Morgan fingerprint density at radius 1 is 1.13 bits per heavy atom. The first-order valence-corrected chi connectivity index (χ1v) is 11.8. The summed E-state index contributed by atoms with van der Waals surface area (Å²) in [6.45, 7) is 8.62. The van der Waals surface area contributed by atoms with E-state index in [-0.39, 0.29) is 17.9 Å². The average molecular weight is 435 g/mol. The van der Waals surface area contributed by atoms with Crippen LogP contribution in [0.1, 0.15) is 48.7 Å². The van der Waals surface area contributed by atoms with E-state index in [2.05, 4.69) is 66.4 Å². The summed E-state index contributed by atoms with van der Waals surface area (Å²) in [6, 6.07) is 18.8. The van der Waals surface area contributed by atoms with E-state index in [1.54, 1.807) is 0 Å². The van der Waals surface area contributed by atoms with Crippen molar-refractivity contribution in [1.29, 1.82) is 0 Å². The Morgan fingerprint density at radius 3 is 2.55 bits per heavy atom. The third kappa shape index (κ3) is 4.96. The number of nitrogens with zero attached hydrogens (tertiary/aromatic N) is 4. The van der Waals surface area contributed by atoms with Crippen LogP contribution in [0.2, 0.25) is 0 Å². The molecule has 6 heteroatoms. The Bertz CT molecular complexity index is 1000. The highest BCUT2D eigenvalue weighted by molar-refractivity contribution is 7.09. The molecule has 4 rings (SSSR count). The molecular formula is C25H30N4OS. The number of hydrogen-bond donors (Lipinski definition) is 0. The van der Waals surface area contributed by atoms with Crippen molar-refractivity contribution in [2.75, 3.05) is 24.5 Å². The number of amides is 1. The third-order valence-electron chi connectivity index (χ3n) is 6.03. The van der Waals surface area contributed by atoms with Gasteiger partial charge >= 0.3 is 0 Å². The number of carbonyl (C=O) groups is 1. The Hall–Kier alpha value is -2.73. The van der Waals surface area contributed by atoms with Crippen molar-refractivity contribution in [2.45, 2.75) is 45.6 Å². The second-order valence-electron chi connectivity index (χ2n) is 8.35. The number of anilines is 1. The Balaban J connectivity index is 1.39. The molecule has 0 bridgehead atoms. The van der Waals surface area contributed by atoms with Crippen LogP contribution >= 0.6 is 11.5 Å². The molecule has 5 nitrogen and oxygen atoms in total. The summed E-state index contributed by atoms with van der Waals surface area (Å²) >= 11 is 1.46. The molecule has 1 saturated heterocycles. The molecule has 1 aliphatic rings. The van der Waals surface area contributed by atoms with E-state index >= 15 is 0 Å². The first kappa shape index (κ1) is 21.5. The van der Waals surface area contributed by atoms with Crippen molar-refractivity contribution >= 4 is 22.6 Å². The van der Waals surface area contributed by atoms with Gasteiger partial charge in [0.1, 0.15) is 5.82 Å². The first-order valence-electron chi connectivity index (χ1n) is 11.0. The Morgan fingerprint density at radius 2 is 1.87 bits per heavy atom. The van der Waals surface area contributed by atoms with Crippen molar-refractivity contribution in [3.63, 3.8) is 0 Å². The summed E-state index contributed by atoms with van der Waals surface area (Å²) < 4.78 is 4.58. The molecule has 0 aliphatic carbocycles. The molecule has 1 aromatic heterocycles. The van der Waals surface area contributed by atoms with E-state index in [1.165, 1.54) is 22.7 Å². The van der Waals surface area contributed by atoms with Gasteiger partial charge in [-0.05, 0) is 31.4 Å². The van der Waals surface area contributed by atoms with Gasteiger partial charge in [-0.3, -0.25) is 4.79 Å². The number of rotatable bonds is 6. The van der Waals surface area contributed by atoms with Gasteiger partial charge in [-0.15, -0.1) is 0 Å². The summed E-state index contributed by atoms with van der Waals surface area (Å²) in [6.07, 6.45) is 1.56. The van der Waals surface area contributed by atoms with Crippen molar-refractivity contribution in [1.82, 2.24) is 14.3 Å². The summed E-state index contributed by atoms with van der Waals surface area (Å²) in [4.78, 5) is 22.4. The highest BCUT2D eigenvalue weighted by atomic mass is 32.1. The standard InChI is InChI=1S/C25H30N4OS/c1-4-22(21-8-6-5-7-9-21)24(30)29-15-14-28(17-19(29)3)25-26-23(27-31-25)16-20-12-10-18(2)11-13-20/h5-13,19,22H,4,14-17H2,1-3H3. The minimum Gasteiger partial charge on any atom is -0.343 e. The lowest BCUT2D eigenvalue weighted by molar-refractivity contribution is -0.135. The molecule has 0 spiro atoms. The summed E-state index contributed by atoms with van der Waals surface area (Å²) in [5, 5.41) is 0.955. The molecule has 2 heterocycles. The van der Waals surface area contributed by atoms with Crippen LogP contribution in [-0.2, 0) is 11.2 Å². The van der Waals surface area contributed by atoms with Gasteiger partial charge in [-0.2, -0.15) is 4.37 Å². The van der Waals surface area contributed by atoms with E-state index in [9.17, 15) is 4.79 Å². The quantitative estimate of drug-likeness (QED) is 0.566. The minimum absolute atomic E-state index is 0.0714. The maximum atomic E-state index is 13.3. The summed E-state index contributed by atoms with van der Waals surface area (Å²) in [5.41, 5.74) is 3.59. The van der Waals surface area contributed by atoms with Crippen molar-refractivity contribution in [3.05, 3.63) is 77.1 Å². The molecular weight excluding hydrogens is 404 g/mol. The monoisotopic (exact) mass is 434 g/mol. The first-order chi connectivity index (χ1) is 15.0. The molecule has 2 aromatic carbocycles. The van der Waals surface area contributed by atoms with Gasteiger partial charge in [0.25, 0.3) is 0 Å². The lowest BCUT2D eigenvalue weighted by atomic mass is 9.94. The van der Waals surface area contributed by atoms with E-state index in [0.29, 0.717) is 0 Å². The van der Waals surface area contributed by atoms with Crippen LogP contribution in [0, 0.1) is 6.92 Å². The minimum atomic E-state index is -0.0714. The molecule has 162 valence electrons. The van der Waals surface area contributed by atoms with Crippen LogP contribution in [0.3, 0.4) is 0 Å². The second kappa shape index (κ2) is 9.60. The lowest BCUT2D eigenvalue weighted by Crippen LogP contribution is -2.55. The van der Waals surface area contributed by atoms with Gasteiger partial charge < -0.3 is 9.80 Å². The number of aryl methyl sites for hydroxylation is 1.